The molecule has 0 unspecified atom stereocenters. The maximum atomic E-state index is 6.24. The fraction of sp³-hybridized carbons (Fsp3) is 0.471. The Morgan fingerprint density at radius 1 is 1.29 bits per heavy atom. The van der Waals surface area contributed by atoms with E-state index in [1.54, 1.807) is 6.20 Å². The molecule has 0 aliphatic carbocycles. The van der Waals surface area contributed by atoms with E-state index in [0.717, 1.165) is 51.7 Å². The minimum Gasteiger partial charge on any atom is -0.396 e. The number of nitrogens with two attached hydrogens (primary N) is 1. The number of piperidine rings is 1. The fourth-order valence-electron chi connectivity index (χ4n) is 3.31. The molecule has 1 aliphatic heterocycles. The van der Waals surface area contributed by atoms with Crippen LogP contribution >= 0.6 is 15.9 Å². The highest BCUT2D eigenvalue weighted by Crippen LogP contribution is 2.36. The molecule has 3 rings (SSSR count). The van der Waals surface area contributed by atoms with Crippen molar-refractivity contribution in [2.45, 2.75) is 26.7 Å². The summed E-state index contributed by atoms with van der Waals surface area (Å²) in [6.45, 7) is 6.82. The molecule has 112 valence electrons. The summed E-state index contributed by atoms with van der Waals surface area (Å²) < 4.78 is 1.07. The molecule has 0 amide bonds. The Kier molecular flexibility index (Phi) is 4.07. The monoisotopic (exact) mass is 347 g/mol. The molecule has 2 N–H and O–H groups in total. The van der Waals surface area contributed by atoms with Crippen LogP contribution in [0.5, 0.6) is 0 Å². The normalized spacial score (nSPS) is 16.9. The molecule has 1 aliphatic rings. The number of pyridine rings is 1. The number of halogens is 1. The van der Waals surface area contributed by atoms with E-state index in [9.17, 15) is 0 Å². The lowest BCUT2D eigenvalue weighted by Gasteiger charge is -2.36. The maximum absolute atomic E-state index is 6.24. The third kappa shape index (κ3) is 2.86. The van der Waals surface area contributed by atoms with Crippen LogP contribution in [0.25, 0.3) is 10.9 Å². The molecular weight excluding hydrogens is 326 g/mol. The van der Waals surface area contributed by atoms with Crippen molar-refractivity contribution in [3.05, 3.63) is 28.9 Å². The van der Waals surface area contributed by atoms with E-state index < -0.39 is 0 Å². The van der Waals surface area contributed by atoms with Crippen molar-refractivity contribution in [3.8, 4) is 0 Å². The van der Waals surface area contributed by atoms with E-state index in [-0.39, 0.29) is 0 Å². The Morgan fingerprint density at radius 3 is 2.67 bits per heavy atom. The van der Waals surface area contributed by atoms with Gasteiger partial charge in [-0.3, -0.25) is 4.98 Å². The lowest BCUT2D eigenvalue weighted by molar-refractivity contribution is 0.312. The predicted molar refractivity (Wildman–Crippen MR) is 93.6 cm³/mol. The van der Waals surface area contributed by atoms with Crippen molar-refractivity contribution in [1.82, 2.24) is 4.98 Å². The van der Waals surface area contributed by atoms with E-state index in [1.165, 1.54) is 12.8 Å². The van der Waals surface area contributed by atoms with Gasteiger partial charge in [-0.05, 0) is 42.9 Å². The van der Waals surface area contributed by atoms with Crippen LogP contribution in [0.1, 0.15) is 26.7 Å². The molecule has 1 aromatic carbocycles. The average Bonchev–Trinajstić information content (AvgIpc) is 2.47. The zero-order valence-corrected chi connectivity index (χ0v) is 14.2. The second kappa shape index (κ2) is 5.84. The Hall–Kier alpha value is -1.29. The van der Waals surface area contributed by atoms with Gasteiger partial charge in [0.15, 0.2) is 0 Å². The second-order valence-corrected chi connectivity index (χ2v) is 7.21. The SMILES string of the molecule is CC(C)C1CCN(c2c(N)cnc3ccc(Br)cc23)CC1. The molecule has 1 saturated heterocycles. The minimum absolute atomic E-state index is 0.771. The third-order valence-corrected chi connectivity index (χ3v) is 5.12. The predicted octanol–water partition coefficient (Wildman–Crippen LogP) is 4.45. The van der Waals surface area contributed by atoms with Gasteiger partial charge in [-0.2, -0.15) is 0 Å². The number of nitrogens with zero attached hydrogens (tertiary/aromatic N) is 2. The number of fused-ring (bicyclic) bond motifs is 1. The fourth-order valence-corrected chi connectivity index (χ4v) is 3.67. The van der Waals surface area contributed by atoms with Crippen molar-refractivity contribution >= 4 is 38.2 Å². The summed E-state index contributed by atoms with van der Waals surface area (Å²) in [7, 11) is 0. The summed E-state index contributed by atoms with van der Waals surface area (Å²) in [6.07, 6.45) is 4.28. The molecule has 0 spiro atoms. The number of benzene rings is 1. The molecule has 1 fully saturated rings. The second-order valence-electron chi connectivity index (χ2n) is 6.29. The molecule has 2 heterocycles. The molecule has 21 heavy (non-hydrogen) atoms. The highest BCUT2D eigenvalue weighted by molar-refractivity contribution is 9.10. The van der Waals surface area contributed by atoms with E-state index in [1.807, 2.05) is 12.1 Å². The topological polar surface area (TPSA) is 42.1 Å². The smallest absolute Gasteiger partial charge is 0.0745 e. The van der Waals surface area contributed by atoms with E-state index in [0.29, 0.717) is 0 Å². The highest BCUT2D eigenvalue weighted by atomic mass is 79.9. The van der Waals surface area contributed by atoms with Gasteiger partial charge in [0.2, 0.25) is 0 Å². The van der Waals surface area contributed by atoms with Gasteiger partial charge < -0.3 is 10.6 Å². The molecule has 1 aromatic heterocycles. The first kappa shape index (κ1) is 14.6. The molecule has 0 saturated carbocycles. The van der Waals surface area contributed by atoms with E-state index in [2.05, 4.69) is 45.7 Å². The van der Waals surface area contributed by atoms with Crippen LogP contribution in [0.15, 0.2) is 28.9 Å². The third-order valence-electron chi connectivity index (χ3n) is 4.63. The van der Waals surface area contributed by atoms with Crippen molar-refractivity contribution in [2.75, 3.05) is 23.7 Å². The molecule has 3 nitrogen and oxygen atoms in total. The molecule has 2 aromatic rings. The number of anilines is 2. The van der Waals surface area contributed by atoms with Crippen LogP contribution in [0.2, 0.25) is 0 Å². The summed E-state index contributed by atoms with van der Waals surface area (Å²) in [5.74, 6) is 1.61. The Bertz CT molecular complexity index is 641. The van der Waals surface area contributed by atoms with Gasteiger partial charge >= 0.3 is 0 Å². The first-order valence-electron chi connectivity index (χ1n) is 7.65. The van der Waals surface area contributed by atoms with Gasteiger partial charge in [0.25, 0.3) is 0 Å². The van der Waals surface area contributed by atoms with Crippen molar-refractivity contribution in [2.24, 2.45) is 11.8 Å². The quantitative estimate of drug-likeness (QED) is 0.872. The first-order valence-corrected chi connectivity index (χ1v) is 8.44. The van der Waals surface area contributed by atoms with Gasteiger partial charge in [0.05, 0.1) is 23.1 Å². The Balaban J connectivity index is 1.97. The number of nitrogen functional groups attached to an aromatic ring is 1. The maximum Gasteiger partial charge on any atom is 0.0745 e. The summed E-state index contributed by atoms with van der Waals surface area (Å²) in [6, 6.07) is 6.20. The number of aromatic nitrogens is 1. The van der Waals surface area contributed by atoms with Crippen LogP contribution in [0, 0.1) is 11.8 Å². The van der Waals surface area contributed by atoms with Gasteiger partial charge in [-0.15, -0.1) is 0 Å². The van der Waals surface area contributed by atoms with E-state index in [4.69, 9.17) is 5.73 Å². The molecule has 0 radical (unpaired) electrons. The number of hydrogen-bond acceptors (Lipinski definition) is 3. The van der Waals surface area contributed by atoms with Crippen LogP contribution in [0.4, 0.5) is 11.4 Å². The molecular formula is C17H22BrN3. The van der Waals surface area contributed by atoms with Gasteiger partial charge in [-0.1, -0.05) is 29.8 Å². The molecule has 0 bridgehead atoms. The Morgan fingerprint density at radius 2 is 2.00 bits per heavy atom. The van der Waals surface area contributed by atoms with Crippen LogP contribution in [0.3, 0.4) is 0 Å². The van der Waals surface area contributed by atoms with Gasteiger partial charge in [0.1, 0.15) is 0 Å². The largest absolute Gasteiger partial charge is 0.396 e. The van der Waals surface area contributed by atoms with Crippen LogP contribution in [-0.2, 0) is 0 Å². The molecule has 4 heteroatoms. The van der Waals surface area contributed by atoms with Gasteiger partial charge in [0, 0.05) is 22.9 Å². The summed E-state index contributed by atoms with van der Waals surface area (Å²) in [5.41, 5.74) is 9.19. The van der Waals surface area contributed by atoms with Crippen molar-refractivity contribution in [3.63, 3.8) is 0 Å². The number of rotatable bonds is 2. The lowest BCUT2D eigenvalue weighted by atomic mass is 9.86. The zero-order chi connectivity index (χ0) is 15.0. The standard InChI is InChI=1S/C17H22BrN3/c1-11(2)12-5-7-21(8-6-12)17-14-9-13(18)3-4-16(14)20-10-15(17)19/h3-4,9-12H,5-8,19H2,1-2H3. The number of hydrogen-bond donors (Lipinski definition) is 1. The Labute approximate surface area is 134 Å². The summed E-state index contributed by atoms with van der Waals surface area (Å²) in [5, 5.41) is 1.15. The van der Waals surface area contributed by atoms with Crippen LogP contribution in [-0.4, -0.2) is 18.1 Å². The summed E-state index contributed by atoms with van der Waals surface area (Å²) in [4.78, 5) is 6.88. The zero-order valence-electron chi connectivity index (χ0n) is 12.6. The average molecular weight is 348 g/mol. The van der Waals surface area contributed by atoms with Crippen LogP contribution < -0.4 is 10.6 Å². The van der Waals surface area contributed by atoms with Crippen molar-refractivity contribution in [1.29, 1.82) is 0 Å². The lowest BCUT2D eigenvalue weighted by Crippen LogP contribution is -2.35. The van der Waals surface area contributed by atoms with E-state index >= 15 is 0 Å². The van der Waals surface area contributed by atoms with Crippen molar-refractivity contribution < 1.29 is 0 Å². The highest BCUT2D eigenvalue weighted by Gasteiger charge is 2.24. The first-order chi connectivity index (χ1) is 10.1. The summed E-state index contributed by atoms with van der Waals surface area (Å²) >= 11 is 3.56. The molecule has 0 atom stereocenters. The van der Waals surface area contributed by atoms with Gasteiger partial charge in [-0.25, -0.2) is 0 Å². The minimum atomic E-state index is 0.771.